The molecule has 78 valence electrons. The Bertz CT molecular complexity index is 371. The zero-order valence-corrected chi connectivity index (χ0v) is 8.36. The van der Waals surface area contributed by atoms with Gasteiger partial charge in [-0.2, -0.15) is 0 Å². The van der Waals surface area contributed by atoms with Crippen molar-refractivity contribution in [1.82, 2.24) is 10.9 Å². The molecule has 2 amide bonds. The van der Waals surface area contributed by atoms with E-state index in [1.54, 1.807) is 37.3 Å². The van der Waals surface area contributed by atoms with Crippen molar-refractivity contribution >= 4 is 11.8 Å². The van der Waals surface area contributed by atoms with E-state index in [9.17, 15) is 9.59 Å². The lowest BCUT2D eigenvalue weighted by Crippen LogP contribution is -2.40. The third-order valence-corrected chi connectivity index (χ3v) is 1.65. The summed E-state index contributed by atoms with van der Waals surface area (Å²) in [5, 5.41) is 0. The molecule has 0 radical (unpaired) electrons. The van der Waals surface area contributed by atoms with Gasteiger partial charge in [-0.25, -0.2) is 0 Å². The minimum Gasteiger partial charge on any atom is -0.268 e. The van der Waals surface area contributed by atoms with Gasteiger partial charge in [0.1, 0.15) is 0 Å². The van der Waals surface area contributed by atoms with E-state index in [-0.39, 0.29) is 11.8 Å². The SMILES string of the molecule is CC=CC(=O)NNC(=O)c1ccccc1. The van der Waals surface area contributed by atoms with Crippen LogP contribution >= 0.6 is 0 Å². The van der Waals surface area contributed by atoms with Crippen molar-refractivity contribution in [3.8, 4) is 0 Å². The van der Waals surface area contributed by atoms with Crippen LogP contribution in [0.3, 0.4) is 0 Å². The lowest BCUT2D eigenvalue weighted by atomic mass is 10.2. The Morgan fingerprint density at radius 2 is 1.80 bits per heavy atom. The molecule has 0 saturated heterocycles. The van der Waals surface area contributed by atoms with Gasteiger partial charge in [-0.1, -0.05) is 24.3 Å². The molecule has 0 aromatic heterocycles. The maximum atomic E-state index is 11.4. The molecule has 0 fully saturated rings. The highest BCUT2D eigenvalue weighted by molar-refractivity contribution is 5.96. The highest BCUT2D eigenvalue weighted by Crippen LogP contribution is 1.96. The Balaban J connectivity index is 2.47. The summed E-state index contributed by atoms with van der Waals surface area (Å²) < 4.78 is 0. The number of allylic oxidation sites excluding steroid dienone is 1. The summed E-state index contributed by atoms with van der Waals surface area (Å²) >= 11 is 0. The predicted octanol–water partition coefficient (Wildman–Crippen LogP) is 1.02. The number of hydrogen-bond donors (Lipinski definition) is 2. The predicted molar refractivity (Wildman–Crippen MR) is 56.9 cm³/mol. The summed E-state index contributed by atoms with van der Waals surface area (Å²) in [5.41, 5.74) is 5.05. The Kier molecular flexibility index (Phi) is 4.09. The molecular formula is C11H12N2O2. The van der Waals surface area contributed by atoms with Gasteiger partial charge in [-0.05, 0) is 19.1 Å². The molecule has 0 aliphatic heterocycles. The summed E-state index contributed by atoms with van der Waals surface area (Å²) in [7, 11) is 0. The molecule has 2 N–H and O–H groups in total. The molecule has 0 unspecified atom stereocenters. The van der Waals surface area contributed by atoms with Crippen LogP contribution < -0.4 is 10.9 Å². The minimum absolute atomic E-state index is 0.339. The number of carbonyl (C=O) groups is 2. The molecule has 0 bridgehead atoms. The van der Waals surface area contributed by atoms with E-state index in [2.05, 4.69) is 10.9 Å². The van der Waals surface area contributed by atoms with E-state index >= 15 is 0 Å². The first kappa shape index (κ1) is 11.0. The molecule has 15 heavy (non-hydrogen) atoms. The number of carbonyl (C=O) groups excluding carboxylic acids is 2. The second-order valence-electron chi connectivity index (χ2n) is 2.81. The second-order valence-corrected chi connectivity index (χ2v) is 2.81. The maximum Gasteiger partial charge on any atom is 0.269 e. The zero-order valence-electron chi connectivity index (χ0n) is 8.36. The topological polar surface area (TPSA) is 58.2 Å². The fraction of sp³-hybridized carbons (Fsp3) is 0.0909. The standard InChI is InChI=1S/C11H12N2O2/c1-2-6-10(14)12-13-11(15)9-7-4-3-5-8-9/h2-8H,1H3,(H,12,14)(H,13,15). The van der Waals surface area contributed by atoms with Crippen LogP contribution in [0, 0.1) is 0 Å². The van der Waals surface area contributed by atoms with Crippen molar-refractivity contribution in [3.63, 3.8) is 0 Å². The van der Waals surface area contributed by atoms with Crippen molar-refractivity contribution in [1.29, 1.82) is 0 Å². The lowest BCUT2D eigenvalue weighted by Gasteiger charge is -2.04. The number of amides is 2. The number of nitrogens with one attached hydrogen (secondary N) is 2. The molecule has 0 heterocycles. The molecule has 1 rings (SSSR count). The molecule has 4 nitrogen and oxygen atoms in total. The zero-order chi connectivity index (χ0) is 11.1. The monoisotopic (exact) mass is 204 g/mol. The van der Waals surface area contributed by atoms with Gasteiger partial charge in [-0.15, -0.1) is 0 Å². The summed E-state index contributed by atoms with van der Waals surface area (Å²) in [6.07, 6.45) is 2.91. The van der Waals surface area contributed by atoms with Gasteiger partial charge in [0.25, 0.3) is 11.8 Å². The van der Waals surface area contributed by atoms with E-state index in [0.717, 1.165) is 0 Å². The average Bonchev–Trinajstić information content (AvgIpc) is 2.27. The van der Waals surface area contributed by atoms with E-state index in [1.807, 2.05) is 6.07 Å². The van der Waals surface area contributed by atoms with Crippen LogP contribution in [0.1, 0.15) is 17.3 Å². The van der Waals surface area contributed by atoms with Gasteiger partial charge in [0, 0.05) is 11.6 Å². The van der Waals surface area contributed by atoms with Crippen LogP contribution in [-0.2, 0) is 4.79 Å². The first-order valence-corrected chi connectivity index (χ1v) is 4.52. The smallest absolute Gasteiger partial charge is 0.268 e. The number of rotatable bonds is 2. The Morgan fingerprint density at radius 3 is 2.40 bits per heavy atom. The van der Waals surface area contributed by atoms with Crippen LogP contribution in [0.15, 0.2) is 42.5 Å². The van der Waals surface area contributed by atoms with Crippen molar-refractivity contribution in [3.05, 3.63) is 48.0 Å². The van der Waals surface area contributed by atoms with Gasteiger partial charge in [-0.3, -0.25) is 20.4 Å². The van der Waals surface area contributed by atoms with E-state index < -0.39 is 0 Å². The van der Waals surface area contributed by atoms with Gasteiger partial charge in [0.2, 0.25) is 0 Å². The van der Waals surface area contributed by atoms with Crippen LogP contribution in [-0.4, -0.2) is 11.8 Å². The van der Waals surface area contributed by atoms with Gasteiger partial charge in [0.05, 0.1) is 0 Å². The van der Waals surface area contributed by atoms with Crippen LogP contribution in [0.2, 0.25) is 0 Å². The summed E-state index contributed by atoms with van der Waals surface area (Å²) in [5.74, 6) is -0.699. The fourth-order valence-electron chi connectivity index (χ4n) is 0.973. The summed E-state index contributed by atoms with van der Waals surface area (Å²) in [6.45, 7) is 1.72. The summed E-state index contributed by atoms with van der Waals surface area (Å²) in [4.78, 5) is 22.4. The van der Waals surface area contributed by atoms with Gasteiger partial charge >= 0.3 is 0 Å². The minimum atomic E-state index is -0.359. The molecule has 4 heteroatoms. The number of benzene rings is 1. The maximum absolute atomic E-state index is 11.4. The molecule has 1 aromatic rings. The number of hydrogen-bond acceptors (Lipinski definition) is 2. The van der Waals surface area contributed by atoms with Crippen molar-refractivity contribution in [2.75, 3.05) is 0 Å². The van der Waals surface area contributed by atoms with Crippen molar-refractivity contribution in [2.45, 2.75) is 6.92 Å². The molecule has 0 aliphatic rings. The molecule has 0 aliphatic carbocycles. The first-order chi connectivity index (χ1) is 7.24. The third-order valence-electron chi connectivity index (χ3n) is 1.65. The Hall–Kier alpha value is -2.10. The number of hydrazine groups is 1. The molecular weight excluding hydrogens is 192 g/mol. The molecule has 0 atom stereocenters. The average molecular weight is 204 g/mol. The van der Waals surface area contributed by atoms with E-state index in [0.29, 0.717) is 5.56 Å². The fourth-order valence-corrected chi connectivity index (χ4v) is 0.973. The van der Waals surface area contributed by atoms with Crippen molar-refractivity contribution in [2.24, 2.45) is 0 Å². The second kappa shape index (κ2) is 5.59. The normalized spacial score (nSPS) is 9.93. The molecule has 1 aromatic carbocycles. The Morgan fingerprint density at radius 1 is 1.13 bits per heavy atom. The third kappa shape index (κ3) is 3.64. The van der Waals surface area contributed by atoms with Gasteiger partial charge < -0.3 is 0 Å². The molecule has 0 saturated carbocycles. The van der Waals surface area contributed by atoms with E-state index in [1.165, 1.54) is 6.08 Å². The molecule has 0 spiro atoms. The largest absolute Gasteiger partial charge is 0.269 e. The van der Waals surface area contributed by atoms with Crippen LogP contribution in [0.25, 0.3) is 0 Å². The highest BCUT2D eigenvalue weighted by atomic mass is 16.2. The quantitative estimate of drug-likeness (QED) is 0.558. The van der Waals surface area contributed by atoms with E-state index in [4.69, 9.17) is 0 Å². The van der Waals surface area contributed by atoms with Gasteiger partial charge in [0.15, 0.2) is 0 Å². The van der Waals surface area contributed by atoms with Crippen LogP contribution in [0.4, 0.5) is 0 Å². The lowest BCUT2D eigenvalue weighted by molar-refractivity contribution is -0.117. The van der Waals surface area contributed by atoms with Crippen molar-refractivity contribution < 1.29 is 9.59 Å². The first-order valence-electron chi connectivity index (χ1n) is 4.52. The van der Waals surface area contributed by atoms with Crippen LogP contribution in [0.5, 0.6) is 0 Å². The summed E-state index contributed by atoms with van der Waals surface area (Å²) in [6, 6.07) is 8.65. The highest BCUT2D eigenvalue weighted by Gasteiger charge is 2.03. The Labute approximate surface area is 88.0 Å².